The van der Waals surface area contributed by atoms with Gasteiger partial charge >= 0.3 is 0 Å². The lowest BCUT2D eigenvalue weighted by Crippen LogP contribution is -2.19. The van der Waals surface area contributed by atoms with Gasteiger partial charge in [0.2, 0.25) is 0 Å². The predicted molar refractivity (Wildman–Crippen MR) is 83.4 cm³/mol. The van der Waals surface area contributed by atoms with E-state index in [2.05, 4.69) is 17.2 Å². The number of nitrogens with one attached hydrogen (secondary N) is 1. The van der Waals surface area contributed by atoms with Crippen LogP contribution in [0, 0.1) is 16.0 Å². The Bertz CT molecular complexity index is 668. The van der Waals surface area contributed by atoms with Gasteiger partial charge in [-0.3, -0.25) is 15.1 Å². The molecular weight excluding hydrogens is 266 g/mol. The zero-order valence-electron chi connectivity index (χ0n) is 12.1. The fourth-order valence-electron chi connectivity index (χ4n) is 2.74. The molecular formula is C16H19N3O2. The maximum Gasteiger partial charge on any atom is 0.278 e. The van der Waals surface area contributed by atoms with Crippen molar-refractivity contribution in [2.45, 2.75) is 38.6 Å². The van der Waals surface area contributed by atoms with E-state index in [9.17, 15) is 10.1 Å². The van der Waals surface area contributed by atoms with Crippen LogP contribution >= 0.6 is 0 Å². The summed E-state index contributed by atoms with van der Waals surface area (Å²) in [4.78, 5) is 15.1. The van der Waals surface area contributed by atoms with Crippen LogP contribution < -0.4 is 5.32 Å². The van der Waals surface area contributed by atoms with E-state index in [1.54, 1.807) is 30.5 Å². The highest BCUT2D eigenvalue weighted by atomic mass is 16.6. The molecule has 1 atom stereocenters. The van der Waals surface area contributed by atoms with Crippen LogP contribution in [0.2, 0.25) is 0 Å². The number of hydrogen-bond donors (Lipinski definition) is 1. The zero-order valence-corrected chi connectivity index (χ0v) is 12.1. The molecule has 2 aromatic rings. The predicted octanol–water partition coefficient (Wildman–Crippen LogP) is 4.13. The second kappa shape index (κ2) is 5.68. The number of nitro benzene ring substituents is 1. The Morgan fingerprint density at radius 1 is 1.43 bits per heavy atom. The van der Waals surface area contributed by atoms with Gasteiger partial charge in [0, 0.05) is 18.3 Å². The summed E-state index contributed by atoms with van der Waals surface area (Å²) < 4.78 is 0. The van der Waals surface area contributed by atoms with E-state index in [1.165, 1.54) is 19.3 Å². The Morgan fingerprint density at radius 3 is 2.90 bits per heavy atom. The highest BCUT2D eigenvalue weighted by Gasteiger charge is 2.25. The van der Waals surface area contributed by atoms with E-state index in [1.807, 2.05) is 0 Å². The van der Waals surface area contributed by atoms with Crippen molar-refractivity contribution in [3.05, 3.63) is 40.6 Å². The van der Waals surface area contributed by atoms with Crippen LogP contribution in [-0.2, 0) is 0 Å². The lowest BCUT2D eigenvalue weighted by molar-refractivity contribution is -0.383. The molecule has 1 heterocycles. The standard InChI is InChI=1S/C16H19N3O2/c1-2-12(10-11-5-6-11)18-14-7-8-15(19(20)21)13-4-3-9-17-16(13)14/h3-4,7-9,11-12,18H,2,5-6,10H2,1H3. The first-order valence-electron chi connectivity index (χ1n) is 7.47. The lowest BCUT2D eigenvalue weighted by atomic mass is 10.1. The van der Waals surface area contributed by atoms with Crippen LogP contribution in [-0.4, -0.2) is 15.9 Å². The van der Waals surface area contributed by atoms with Crippen molar-refractivity contribution in [1.82, 2.24) is 4.98 Å². The Balaban J connectivity index is 1.94. The quantitative estimate of drug-likeness (QED) is 0.640. The molecule has 110 valence electrons. The summed E-state index contributed by atoms with van der Waals surface area (Å²) in [7, 11) is 0. The van der Waals surface area contributed by atoms with Gasteiger partial charge in [0.25, 0.3) is 5.69 Å². The molecule has 0 saturated heterocycles. The van der Waals surface area contributed by atoms with E-state index in [0.717, 1.165) is 18.0 Å². The molecule has 0 amide bonds. The molecule has 21 heavy (non-hydrogen) atoms. The molecule has 1 aliphatic carbocycles. The van der Waals surface area contributed by atoms with Crippen LogP contribution in [0.1, 0.15) is 32.6 Å². The van der Waals surface area contributed by atoms with Gasteiger partial charge in [-0.25, -0.2) is 0 Å². The van der Waals surface area contributed by atoms with Crippen molar-refractivity contribution in [3.8, 4) is 0 Å². The Labute approximate surface area is 123 Å². The number of nitrogens with zero attached hydrogens (tertiary/aromatic N) is 2. The number of rotatable bonds is 6. The monoisotopic (exact) mass is 285 g/mol. The summed E-state index contributed by atoms with van der Waals surface area (Å²) in [5, 5.41) is 15.2. The SMILES string of the molecule is CCC(CC1CC1)Nc1ccc([N+](=O)[O-])c2cccnc12. The molecule has 0 aliphatic heterocycles. The molecule has 1 aliphatic rings. The summed E-state index contributed by atoms with van der Waals surface area (Å²) in [6.07, 6.45) is 6.55. The van der Waals surface area contributed by atoms with E-state index < -0.39 is 0 Å². The first kappa shape index (κ1) is 13.8. The van der Waals surface area contributed by atoms with Gasteiger partial charge in [0.1, 0.15) is 5.52 Å². The number of fused-ring (bicyclic) bond motifs is 1. The molecule has 1 aromatic carbocycles. The topological polar surface area (TPSA) is 68.1 Å². The molecule has 0 radical (unpaired) electrons. The van der Waals surface area contributed by atoms with Gasteiger partial charge < -0.3 is 5.32 Å². The molecule has 5 nitrogen and oxygen atoms in total. The number of nitro groups is 1. The van der Waals surface area contributed by atoms with Crippen molar-refractivity contribution in [1.29, 1.82) is 0 Å². The van der Waals surface area contributed by atoms with E-state index in [4.69, 9.17) is 0 Å². The average Bonchev–Trinajstić information content (AvgIpc) is 3.30. The van der Waals surface area contributed by atoms with Gasteiger partial charge in [-0.05, 0) is 37.0 Å². The van der Waals surface area contributed by atoms with Gasteiger partial charge in [-0.1, -0.05) is 19.8 Å². The summed E-state index contributed by atoms with van der Waals surface area (Å²) in [6.45, 7) is 2.17. The Hall–Kier alpha value is -2.17. The first-order valence-corrected chi connectivity index (χ1v) is 7.47. The molecule has 5 heteroatoms. The van der Waals surface area contributed by atoms with Crippen molar-refractivity contribution in [3.63, 3.8) is 0 Å². The molecule has 1 unspecified atom stereocenters. The number of anilines is 1. The minimum atomic E-state index is -0.352. The van der Waals surface area contributed by atoms with Crippen molar-refractivity contribution in [2.75, 3.05) is 5.32 Å². The molecule has 1 saturated carbocycles. The number of aromatic nitrogens is 1. The van der Waals surface area contributed by atoms with Crippen LogP contribution in [0.3, 0.4) is 0 Å². The molecule has 0 spiro atoms. The second-order valence-corrected chi connectivity index (χ2v) is 5.72. The minimum Gasteiger partial charge on any atom is -0.381 e. The van der Waals surface area contributed by atoms with Gasteiger partial charge in [-0.15, -0.1) is 0 Å². The van der Waals surface area contributed by atoms with E-state index >= 15 is 0 Å². The third-order valence-electron chi connectivity index (χ3n) is 4.11. The van der Waals surface area contributed by atoms with Crippen LogP contribution in [0.25, 0.3) is 10.9 Å². The fraction of sp³-hybridized carbons (Fsp3) is 0.438. The van der Waals surface area contributed by atoms with Gasteiger partial charge in [-0.2, -0.15) is 0 Å². The number of benzene rings is 1. The highest BCUT2D eigenvalue weighted by molar-refractivity contribution is 5.96. The molecule has 0 bridgehead atoms. The summed E-state index contributed by atoms with van der Waals surface area (Å²) in [5.74, 6) is 0.847. The third-order valence-corrected chi connectivity index (χ3v) is 4.11. The Morgan fingerprint density at radius 2 is 2.24 bits per heavy atom. The average molecular weight is 285 g/mol. The van der Waals surface area contributed by atoms with Crippen molar-refractivity contribution >= 4 is 22.3 Å². The van der Waals surface area contributed by atoms with Crippen LogP contribution in [0.5, 0.6) is 0 Å². The second-order valence-electron chi connectivity index (χ2n) is 5.72. The fourth-order valence-corrected chi connectivity index (χ4v) is 2.74. The summed E-state index contributed by atoms with van der Waals surface area (Å²) in [5.41, 5.74) is 1.68. The number of non-ortho nitro benzene ring substituents is 1. The largest absolute Gasteiger partial charge is 0.381 e. The molecule has 3 rings (SSSR count). The van der Waals surface area contributed by atoms with Gasteiger partial charge in [0.05, 0.1) is 16.0 Å². The molecule has 1 aromatic heterocycles. The maximum absolute atomic E-state index is 11.1. The smallest absolute Gasteiger partial charge is 0.278 e. The van der Waals surface area contributed by atoms with Crippen molar-refractivity contribution in [2.24, 2.45) is 5.92 Å². The minimum absolute atomic E-state index is 0.110. The maximum atomic E-state index is 11.1. The van der Waals surface area contributed by atoms with Gasteiger partial charge in [0.15, 0.2) is 0 Å². The molecule has 1 N–H and O–H groups in total. The molecule has 1 fully saturated rings. The Kier molecular flexibility index (Phi) is 3.73. The van der Waals surface area contributed by atoms with E-state index in [-0.39, 0.29) is 10.6 Å². The van der Waals surface area contributed by atoms with E-state index in [0.29, 0.717) is 16.9 Å². The third kappa shape index (κ3) is 2.96. The number of hydrogen-bond acceptors (Lipinski definition) is 4. The first-order chi connectivity index (χ1) is 10.2. The van der Waals surface area contributed by atoms with Crippen molar-refractivity contribution < 1.29 is 4.92 Å². The zero-order chi connectivity index (χ0) is 14.8. The van der Waals surface area contributed by atoms with Crippen LogP contribution in [0.4, 0.5) is 11.4 Å². The summed E-state index contributed by atoms with van der Waals surface area (Å²) >= 11 is 0. The van der Waals surface area contributed by atoms with Crippen LogP contribution in [0.15, 0.2) is 30.5 Å². The summed E-state index contributed by atoms with van der Waals surface area (Å²) in [6, 6.07) is 7.25. The normalized spacial score (nSPS) is 15.9. The lowest BCUT2D eigenvalue weighted by Gasteiger charge is -2.19. The highest BCUT2D eigenvalue weighted by Crippen LogP contribution is 2.36. The number of pyridine rings is 1.